The fraction of sp³-hybridized carbons (Fsp3) is 0.562. The molecule has 0 aromatic heterocycles. The van der Waals surface area contributed by atoms with Gasteiger partial charge in [0.05, 0.1) is 12.0 Å². The van der Waals surface area contributed by atoms with Crippen LogP contribution in [-0.4, -0.2) is 31.1 Å². The topological polar surface area (TPSA) is 65.2 Å². The monoisotopic (exact) mass is 306 g/mol. The van der Waals surface area contributed by atoms with Crippen molar-refractivity contribution >= 4 is 5.91 Å². The Morgan fingerprint density at radius 1 is 1.32 bits per heavy atom. The van der Waals surface area contributed by atoms with E-state index in [2.05, 4.69) is 28.4 Å². The average Bonchev–Trinajstić information content (AvgIpc) is 3.00. The summed E-state index contributed by atoms with van der Waals surface area (Å²) < 4.78 is 13.1. The quantitative estimate of drug-likeness (QED) is 0.668. The molecule has 3 rings (SSSR count). The van der Waals surface area contributed by atoms with Crippen molar-refractivity contribution in [2.45, 2.75) is 37.9 Å². The Bertz CT molecular complexity index is 521. The molecule has 0 spiro atoms. The molecule has 4 unspecified atom stereocenters. The van der Waals surface area contributed by atoms with Crippen LogP contribution in [0.4, 0.5) is 4.39 Å². The van der Waals surface area contributed by atoms with Gasteiger partial charge in [-0.3, -0.25) is 10.2 Å². The first-order chi connectivity index (χ1) is 10.6. The molecule has 2 aliphatic heterocycles. The molecule has 4 N–H and O–H groups in total. The van der Waals surface area contributed by atoms with E-state index >= 15 is 0 Å². The van der Waals surface area contributed by atoms with E-state index in [1.807, 2.05) is 0 Å². The minimum absolute atomic E-state index is 0.0485. The molecule has 2 aliphatic rings. The number of rotatable bonds is 3. The summed E-state index contributed by atoms with van der Waals surface area (Å²) in [5, 5.41) is 6.56. The van der Waals surface area contributed by atoms with E-state index in [1.54, 1.807) is 12.1 Å². The Morgan fingerprint density at radius 3 is 2.82 bits per heavy atom. The van der Waals surface area contributed by atoms with Crippen molar-refractivity contribution in [1.82, 2.24) is 21.5 Å². The Morgan fingerprint density at radius 2 is 2.09 bits per heavy atom. The molecule has 2 saturated heterocycles. The van der Waals surface area contributed by atoms with Gasteiger partial charge in [-0.2, -0.15) is 0 Å². The average molecular weight is 306 g/mol. The van der Waals surface area contributed by atoms with Gasteiger partial charge in [0.15, 0.2) is 0 Å². The van der Waals surface area contributed by atoms with E-state index in [4.69, 9.17) is 0 Å². The van der Waals surface area contributed by atoms with Crippen molar-refractivity contribution in [3.05, 3.63) is 35.6 Å². The summed E-state index contributed by atoms with van der Waals surface area (Å²) in [6.45, 7) is 3.69. The van der Waals surface area contributed by atoms with Crippen molar-refractivity contribution in [2.75, 3.05) is 13.1 Å². The number of carbonyl (C=O) groups excluding carboxylic acids is 1. The van der Waals surface area contributed by atoms with Crippen molar-refractivity contribution in [3.63, 3.8) is 0 Å². The van der Waals surface area contributed by atoms with Crippen LogP contribution in [0, 0.1) is 11.7 Å². The molecule has 0 saturated carbocycles. The zero-order valence-electron chi connectivity index (χ0n) is 12.7. The Balaban J connectivity index is 1.67. The molecule has 4 atom stereocenters. The van der Waals surface area contributed by atoms with E-state index in [9.17, 15) is 9.18 Å². The molecule has 1 amide bonds. The highest BCUT2D eigenvalue weighted by atomic mass is 19.1. The van der Waals surface area contributed by atoms with Gasteiger partial charge >= 0.3 is 0 Å². The molecule has 0 aliphatic carbocycles. The van der Waals surface area contributed by atoms with Crippen LogP contribution in [0.15, 0.2) is 24.3 Å². The number of halogens is 1. The summed E-state index contributed by atoms with van der Waals surface area (Å²) in [4.78, 5) is 12.6. The minimum atomic E-state index is -0.266. The van der Waals surface area contributed by atoms with Crippen LogP contribution in [0.1, 0.15) is 31.4 Å². The maximum absolute atomic E-state index is 13.1. The van der Waals surface area contributed by atoms with E-state index in [-0.39, 0.29) is 29.7 Å². The summed E-state index contributed by atoms with van der Waals surface area (Å²) in [6.07, 6.45) is 2.09. The van der Waals surface area contributed by atoms with E-state index in [0.717, 1.165) is 24.9 Å². The van der Waals surface area contributed by atoms with E-state index in [0.29, 0.717) is 12.6 Å². The van der Waals surface area contributed by atoms with E-state index in [1.165, 1.54) is 12.1 Å². The number of hydrogen-bond acceptors (Lipinski definition) is 4. The second kappa shape index (κ2) is 6.73. The van der Waals surface area contributed by atoms with Crippen LogP contribution < -0.4 is 21.5 Å². The molecular weight excluding hydrogens is 283 g/mol. The summed E-state index contributed by atoms with van der Waals surface area (Å²) in [6, 6.07) is 6.65. The van der Waals surface area contributed by atoms with Crippen LogP contribution in [-0.2, 0) is 4.79 Å². The van der Waals surface area contributed by atoms with Gasteiger partial charge < -0.3 is 10.6 Å². The van der Waals surface area contributed by atoms with Gasteiger partial charge in [-0.25, -0.2) is 9.82 Å². The second-order valence-corrected chi connectivity index (χ2v) is 6.16. The Kier molecular flexibility index (Phi) is 4.71. The first-order valence-electron chi connectivity index (χ1n) is 7.93. The zero-order chi connectivity index (χ0) is 15.5. The number of benzene rings is 1. The summed E-state index contributed by atoms with van der Waals surface area (Å²) in [7, 11) is 0. The number of hydrogen-bond donors (Lipinski definition) is 4. The fourth-order valence-corrected chi connectivity index (χ4v) is 3.26. The highest BCUT2D eigenvalue weighted by molar-refractivity contribution is 5.80. The maximum atomic E-state index is 13.1. The smallest absolute Gasteiger partial charge is 0.226 e. The van der Waals surface area contributed by atoms with Gasteiger partial charge in [-0.05, 0) is 44.0 Å². The van der Waals surface area contributed by atoms with Crippen molar-refractivity contribution in [2.24, 2.45) is 5.92 Å². The summed E-state index contributed by atoms with van der Waals surface area (Å²) >= 11 is 0. The Labute approximate surface area is 130 Å². The van der Waals surface area contributed by atoms with Crippen LogP contribution in [0.25, 0.3) is 0 Å². The van der Waals surface area contributed by atoms with Gasteiger partial charge in [-0.15, -0.1) is 0 Å². The van der Waals surface area contributed by atoms with Gasteiger partial charge in [0.25, 0.3) is 0 Å². The predicted molar refractivity (Wildman–Crippen MR) is 82.4 cm³/mol. The van der Waals surface area contributed by atoms with Crippen molar-refractivity contribution < 1.29 is 9.18 Å². The highest BCUT2D eigenvalue weighted by Gasteiger charge is 2.35. The number of piperidine rings is 1. The molecule has 120 valence electrons. The molecule has 0 radical (unpaired) electrons. The predicted octanol–water partition coefficient (Wildman–Crippen LogP) is 0.848. The fourth-order valence-electron chi connectivity index (χ4n) is 3.26. The standard InChI is InChI=1S/C16H23FN4O/c1-10-14(3-2-8-18-10)20-16(22)13-9-19-21-15(13)11-4-6-12(17)7-5-11/h4-7,10,13-15,18-19,21H,2-3,8-9H2,1H3,(H,20,22). The molecule has 2 fully saturated rings. The lowest BCUT2D eigenvalue weighted by Gasteiger charge is -2.32. The van der Waals surface area contributed by atoms with Gasteiger partial charge in [-0.1, -0.05) is 12.1 Å². The van der Waals surface area contributed by atoms with Crippen molar-refractivity contribution in [3.8, 4) is 0 Å². The van der Waals surface area contributed by atoms with Gasteiger partial charge in [0, 0.05) is 18.6 Å². The molecule has 1 aromatic rings. The first kappa shape index (κ1) is 15.4. The minimum Gasteiger partial charge on any atom is -0.351 e. The van der Waals surface area contributed by atoms with Crippen LogP contribution in [0.3, 0.4) is 0 Å². The molecular formula is C16H23FN4O. The van der Waals surface area contributed by atoms with Gasteiger partial charge in [0.1, 0.15) is 5.82 Å². The van der Waals surface area contributed by atoms with Crippen LogP contribution in [0.5, 0.6) is 0 Å². The number of amides is 1. The first-order valence-corrected chi connectivity index (χ1v) is 7.93. The lowest BCUT2D eigenvalue weighted by Crippen LogP contribution is -2.53. The molecule has 2 heterocycles. The lowest BCUT2D eigenvalue weighted by atomic mass is 9.92. The zero-order valence-corrected chi connectivity index (χ0v) is 12.7. The number of carbonyl (C=O) groups is 1. The van der Waals surface area contributed by atoms with Crippen LogP contribution >= 0.6 is 0 Å². The van der Waals surface area contributed by atoms with Crippen LogP contribution in [0.2, 0.25) is 0 Å². The third-order valence-electron chi connectivity index (χ3n) is 4.64. The molecule has 5 nitrogen and oxygen atoms in total. The van der Waals surface area contributed by atoms with E-state index < -0.39 is 0 Å². The SMILES string of the molecule is CC1NCCCC1NC(=O)C1CNNC1c1ccc(F)cc1. The molecule has 0 bridgehead atoms. The molecule has 1 aromatic carbocycles. The Hall–Kier alpha value is -1.50. The highest BCUT2D eigenvalue weighted by Crippen LogP contribution is 2.25. The number of nitrogens with one attached hydrogen (secondary N) is 4. The normalized spacial score (nSPS) is 31.9. The lowest BCUT2D eigenvalue weighted by molar-refractivity contribution is -0.126. The molecule has 6 heteroatoms. The largest absolute Gasteiger partial charge is 0.351 e. The third kappa shape index (κ3) is 3.29. The van der Waals surface area contributed by atoms with Crippen molar-refractivity contribution in [1.29, 1.82) is 0 Å². The number of hydrazine groups is 1. The van der Waals surface area contributed by atoms with Gasteiger partial charge in [0.2, 0.25) is 5.91 Å². The molecule has 22 heavy (non-hydrogen) atoms. The summed E-state index contributed by atoms with van der Waals surface area (Å²) in [5.41, 5.74) is 7.09. The maximum Gasteiger partial charge on any atom is 0.226 e. The third-order valence-corrected chi connectivity index (χ3v) is 4.64. The summed E-state index contributed by atoms with van der Waals surface area (Å²) in [5.74, 6) is -0.412. The second-order valence-electron chi connectivity index (χ2n) is 6.16.